The Morgan fingerprint density at radius 3 is 2.90 bits per heavy atom. The number of nitrogen functional groups attached to an aromatic ring is 1. The van der Waals surface area contributed by atoms with Crippen LogP contribution in [0.25, 0.3) is 5.52 Å². The second-order valence-corrected chi connectivity index (χ2v) is 5.20. The highest BCUT2D eigenvalue weighted by atomic mass is 19.1. The van der Waals surface area contributed by atoms with Crippen molar-refractivity contribution in [3.63, 3.8) is 0 Å². The molecule has 1 aliphatic heterocycles. The van der Waals surface area contributed by atoms with Gasteiger partial charge in [0.1, 0.15) is 29.7 Å². The molecule has 1 aliphatic rings. The van der Waals surface area contributed by atoms with Crippen molar-refractivity contribution in [1.29, 1.82) is 0 Å². The van der Waals surface area contributed by atoms with Gasteiger partial charge in [0.05, 0.1) is 12.3 Å². The maximum Gasteiger partial charge on any atom is 0.160 e. The molecular weight excluding hydrogens is 279 g/mol. The fraction of sp³-hybridized carbons (Fsp3) is 0.538. The molecule has 0 radical (unpaired) electrons. The SMILES string of the molecule is CC[C@]1(CO)OC(c2ccc3c(N)ncnn23)[C@H](F)[C@@H]1O. The van der Waals surface area contributed by atoms with Crippen molar-refractivity contribution in [2.45, 2.75) is 37.3 Å². The van der Waals surface area contributed by atoms with Gasteiger partial charge in [-0.25, -0.2) is 13.9 Å². The minimum atomic E-state index is -1.66. The molecule has 0 bridgehead atoms. The summed E-state index contributed by atoms with van der Waals surface area (Å²) in [6, 6.07) is 3.30. The Kier molecular flexibility index (Phi) is 3.31. The predicted octanol–water partition coefficient (Wildman–Crippen LogP) is 0.223. The minimum Gasteiger partial charge on any atom is -0.393 e. The van der Waals surface area contributed by atoms with Gasteiger partial charge in [-0.15, -0.1) is 0 Å². The molecule has 1 fully saturated rings. The normalized spacial score (nSPS) is 32.9. The fourth-order valence-electron chi connectivity index (χ4n) is 2.79. The average Bonchev–Trinajstić information content (AvgIpc) is 3.02. The minimum absolute atomic E-state index is 0.272. The van der Waals surface area contributed by atoms with Crippen molar-refractivity contribution in [3.8, 4) is 0 Å². The molecule has 3 heterocycles. The van der Waals surface area contributed by atoms with Crippen LogP contribution in [0.3, 0.4) is 0 Å². The number of aromatic nitrogens is 3. The first-order valence-corrected chi connectivity index (χ1v) is 6.73. The number of nitrogens with two attached hydrogens (primary N) is 1. The molecule has 8 heteroatoms. The Balaban J connectivity index is 2.06. The van der Waals surface area contributed by atoms with Crippen molar-refractivity contribution in [1.82, 2.24) is 14.6 Å². The summed E-state index contributed by atoms with van der Waals surface area (Å²) in [6.07, 6.45) is -2.52. The van der Waals surface area contributed by atoms with Gasteiger partial charge in [-0.05, 0) is 18.6 Å². The molecule has 2 aromatic heterocycles. The number of aliphatic hydroxyl groups is 2. The highest BCUT2D eigenvalue weighted by Gasteiger charge is 2.55. The van der Waals surface area contributed by atoms with Crippen LogP contribution in [0.5, 0.6) is 0 Å². The molecule has 0 spiro atoms. The fourth-order valence-corrected chi connectivity index (χ4v) is 2.79. The highest BCUT2D eigenvalue weighted by molar-refractivity contribution is 5.65. The lowest BCUT2D eigenvalue weighted by Gasteiger charge is -2.28. The first-order chi connectivity index (χ1) is 10.0. The van der Waals surface area contributed by atoms with E-state index in [-0.39, 0.29) is 5.82 Å². The van der Waals surface area contributed by atoms with Gasteiger partial charge in [0, 0.05) is 0 Å². The van der Waals surface area contributed by atoms with E-state index in [2.05, 4.69) is 10.1 Å². The Morgan fingerprint density at radius 1 is 1.52 bits per heavy atom. The van der Waals surface area contributed by atoms with Gasteiger partial charge >= 0.3 is 0 Å². The number of ether oxygens (including phenoxy) is 1. The number of fused-ring (bicyclic) bond motifs is 1. The maximum absolute atomic E-state index is 14.5. The molecule has 21 heavy (non-hydrogen) atoms. The molecule has 1 unspecified atom stereocenters. The van der Waals surface area contributed by atoms with E-state index in [1.54, 1.807) is 19.1 Å². The largest absolute Gasteiger partial charge is 0.393 e. The van der Waals surface area contributed by atoms with Crippen LogP contribution in [0.15, 0.2) is 18.5 Å². The predicted molar refractivity (Wildman–Crippen MR) is 72.2 cm³/mol. The second kappa shape index (κ2) is 4.90. The molecule has 2 aromatic rings. The zero-order valence-corrected chi connectivity index (χ0v) is 11.5. The zero-order valence-electron chi connectivity index (χ0n) is 11.5. The van der Waals surface area contributed by atoms with Gasteiger partial charge < -0.3 is 20.7 Å². The molecule has 1 saturated heterocycles. The average molecular weight is 296 g/mol. The summed E-state index contributed by atoms with van der Waals surface area (Å²) in [4.78, 5) is 3.86. The lowest BCUT2D eigenvalue weighted by molar-refractivity contribution is -0.115. The van der Waals surface area contributed by atoms with E-state index in [0.717, 1.165) is 0 Å². The maximum atomic E-state index is 14.5. The summed E-state index contributed by atoms with van der Waals surface area (Å²) in [6.45, 7) is 1.27. The first-order valence-electron chi connectivity index (χ1n) is 6.73. The summed E-state index contributed by atoms with van der Waals surface area (Å²) in [5, 5.41) is 23.6. The van der Waals surface area contributed by atoms with E-state index in [0.29, 0.717) is 17.6 Å². The van der Waals surface area contributed by atoms with E-state index in [1.807, 2.05) is 0 Å². The third-order valence-electron chi connectivity index (χ3n) is 4.16. The molecular formula is C13H17FN4O3. The molecule has 0 aliphatic carbocycles. The van der Waals surface area contributed by atoms with Crippen molar-refractivity contribution in [2.24, 2.45) is 0 Å². The lowest BCUT2D eigenvalue weighted by atomic mass is 9.93. The quantitative estimate of drug-likeness (QED) is 0.748. The van der Waals surface area contributed by atoms with Crippen LogP contribution in [-0.4, -0.2) is 49.3 Å². The third kappa shape index (κ3) is 1.90. The molecule has 0 aromatic carbocycles. The summed E-state index contributed by atoms with van der Waals surface area (Å²) in [5.41, 5.74) is 5.40. The van der Waals surface area contributed by atoms with Crippen LogP contribution in [0.4, 0.5) is 10.2 Å². The zero-order chi connectivity index (χ0) is 15.2. The van der Waals surface area contributed by atoms with Gasteiger partial charge in [0.15, 0.2) is 12.0 Å². The molecule has 7 nitrogen and oxygen atoms in total. The van der Waals surface area contributed by atoms with Crippen molar-refractivity contribution in [2.75, 3.05) is 12.3 Å². The van der Waals surface area contributed by atoms with Crippen LogP contribution in [0, 0.1) is 0 Å². The number of alkyl halides is 1. The Labute approximate surface area is 120 Å². The van der Waals surface area contributed by atoms with Crippen LogP contribution >= 0.6 is 0 Å². The van der Waals surface area contributed by atoms with Crippen molar-refractivity contribution >= 4 is 11.3 Å². The van der Waals surface area contributed by atoms with Gasteiger partial charge in [-0.2, -0.15) is 5.10 Å². The topological polar surface area (TPSA) is 106 Å². The number of aliphatic hydroxyl groups excluding tert-OH is 2. The molecule has 3 rings (SSSR count). The molecule has 0 amide bonds. The Bertz CT molecular complexity index is 658. The van der Waals surface area contributed by atoms with Crippen molar-refractivity contribution < 1.29 is 19.3 Å². The first kappa shape index (κ1) is 14.2. The summed E-state index contributed by atoms with van der Waals surface area (Å²) >= 11 is 0. The van der Waals surface area contributed by atoms with E-state index in [1.165, 1.54) is 10.8 Å². The number of halogens is 1. The van der Waals surface area contributed by atoms with Crippen LogP contribution in [0.2, 0.25) is 0 Å². The molecule has 0 saturated carbocycles. The van der Waals surface area contributed by atoms with Crippen LogP contribution in [0.1, 0.15) is 25.1 Å². The number of hydrogen-bond acceptors (Lipinski definition) is 6. The number of nitrogens with zero attached hydrogens (tertiary/aromatic N) is 3. The number of hydrogen-bond donors (Lipinski definition) is 3. The third-order valence-corrected chi connectivity index (χ3v) is 4.16. The number of rotatable bonds is 3. The second-order valence-electron chi connectivity index (χ2n) is 5.20. The smallest absolute Gasteiger partial charge is 0.160 e. The van der Waals surface area contributed by atoms with Gasteiger partial charge in [-0.3, -0.25) is 0 Å². The summed E-state index contributed by atoms with van der Waals surface area (Å²) in [7, 11) is 0. The van der Waals surface area contributed by atoms with E-state index < -0.39 is 30.6 Å². The number of anilines is 1. The Hall–Kier alpha value is -1.77. The van der Waals surface area contributed by atoms with E-state index >= 15 is 0 Å². The van der Waals surface area contributed by atoms with Gasteiger partial charge in [0.2, 0.25) is 0 Å². The Morgan fingerprint density at radius 2 is 2.29 bits per heavy atom. The molecule has 4 N–H and O–H groups in total. The van der Waals surface area contributed by atoms with Crippen molar-refractivity contribution in [3.05, 3.63) is 24.2 Å². The van der Waals surface area contributed by atoms with E-state index in [4.69, 9.17) is 10.5 Å². The molecule has 114 valence electrons. The lowest BCUT2D eigenvalue weighted by Crippen LogP contribution is -2.44. The van der Waals surface area contributed by atoms with Crippen LogP contribution in [-0.2, 0) is 4.74 Å². The van der Waals surface area contributed by atoms with Gasteiger partial charge in [0.25, 0.3) is 0 Å². The summed E-state index contributed by atoms with van der Waals surface area (Å²) < 4.78 is 21.6. The van der Waals surface area contributed by atoms with E-state index in [9.17, 15) is 14.6 Å². The monoisotopic (exact) mass is 296 g/mol. The van der Waals surface area contributed by atoms with Crippen LogP contribution < -0.4 is 5.73 Å². The molecule has 4 atom stereocenters. The highest BCUT2D eigenvalue weighted by Crippen LogP contribution is 2.43. The standard InChI is InChI=1S/C13H17FN4O3/c1-2-13(5-19)11(20)9(14)10(21-13)7-3-4-8-12(15)16-6-17-18(7)8/h3-4,6,9-11,19-20H,2,5H2,1H3,(H2,15,16,17)/t9-,10?,11-,13+/m0/s1. The summed E-state index contributed by atoms with van der Waals surface area (Å²) in [5.74, 6) is 0.272. The van der Waals surface area contributed by atoms with Gasteiger partial charge in [-0.1, -0.05) is 6.92 Å².